The van der Waals surface area contributed by atoms with Gasteiger partial charge in [0, 0.05) is 12.7 Å². The van der Waals surface area contributed by atoms with E-state index in [9.17, 15) is 9.18 Å². The summed E-state index contributed by atoms with van der Waals surface area (Å²) in [6.07, 6.45) is 1.51. The van der Waals surface area contributed by atoms with E-state index >= 15 is 0 Å². The second-order valence-electron chi connectivity index (χ2n) is 4.09. The van der Waals surface area contributed by atoms with Gasteiger partial charge in [0.15, 0.2) is 0 Å². The average Bonchev–Trinajstić information content (AvgIpc) is 2.49. The molecule has 20 heavy (non-hydrogen) atoms. The molecule has 0 spiro atoms. The van der Waals surface area contributed by atoms with E-state index in [1.54, 1.807) is 35.2 Å². The van der Waals surface area contributed by atoms with Crippen LogP contribution in [-0.2, 0) is 4.74 Å². The van der Waals surface area contributed by atoms with E-state index in [4.69, 9.17) is 0 Å². The lowest BCUT2D eigenvalue weighted by molar-refractivity contribution is 0.0600. The molecule has 0 aliphatic carbocycles. The van der Waals surface area contributed by atoms with Crippen LogP contribution in [0.4, 0.5) is 15.9 Å². The summed E-state index contributed by atoms with van der Waals surface area (Å²) in [5.74, 6) is -0.279. The number of hydrogen-bond acceptors (Lipinski definition) is 4. The lowest BCUT2D eigenvalue weighted by atomic mass is 10.2. The number of aromatic nitrogens is 1. The van der Waals surface area contributed by atoms with Crippen molar-refractivity contribution in [1.29, 1.82) is 0 Å². The number of methoxy groups -OCH3 is 1. The van der Waals surface area contributed by atoms with Gasteiger partial charge in [0.05, 0.1) is 18.4 Å². The first-order valence-electron chi connectivity index (χ1n) is 6.23. The maximum Gasteiger partial charge on any atom is 0.338 e. The van der Waals surface area contributed by atoms with Gasteiger partial charge >= 0.3 is 5.97 Å². The summed E-state index contributed by atoms with van der Waals surface area (Å²) in [6.45, 7) is 2.41. The van der Waals surface area contributed by atoms with Crippen molar-refractivity contribution in [2.45, 2.75) is 6.92 Å². The fourth-order valence-electron chi connectivity index (χ4n) is 1.94. The van der Waals surface area contributed by atoms with Gasteiger partial charge in [-0.3, -0.25) is 0 Å². The second-order valence-corrected chi connectivity index (χ2v) is 4.09. The van der Waals surface area contributed by atoms with Crippen molar-refractivity contribution in [3.8, 4) is 0 Å². The van der Waals surface area contributed by atoms with Crippen LogP contribution >= 0.6 is 0 Å². The summed E-state index contributed by atoms with van der Waals surface area (Å²) < 4.78 is 18.6. The van der Waals surface area contributed by atoms with Gasteiger partial charge in [-0.05, 0) is 31.2 Å². The molecule has 2 aromatic rings. The minimum Gasteiger partial charge on any atom is -0.465 e. The first-order chi connectivity index (χ1) is 9.67. The number of ether oxygens (including phenoxy) is 1. The molecule has 104 valence electrons. The van der Waals surface area contributed by atoms with Gasteiger partial charge in [0.2, 0.25) is 0 Å². The van der Waals surface area contributed by atoms with Crippen molar-refractivity contribution in [3.05, 3.63) is 54.0 Å². The summed E-state index contributed by atoms with van der Waals surface area (Å²) in [5, 5.41) is 0. The Morgan fingerprint density at radius 1 is 1.35 bits per heavy atom. The molecule has 4 nitrogen and oxygen atoms in total. The van der Waals surface area contributed by atoms with E-state index in [1.807, 2.05) is 6.92 Å². The highest BCUT2D eigenvalue weighted by Gasteiger charge is 2.15. The van der Waals surface area contributed by atoms with Crippen LogP contribution < -0.4 is 4.90 Å². The van der Waals surface area contributed by atoms with Crippen molar-refractivity contribution in [2.24, 2.45) is 0 Å². The molecule has 0 aliphatic rings. The Hall–Kier alpha value is -2.43. The molecule has 0 saturated carbocycles. The number of halogens is 1. The van der Waals surface area contributed by atoms with Crippen LogP contribution in [0.5, 0.6) is 0 Å². The van der Waals surface area contributed by atoms with Crippen LogP contribution in [0.15, 0.2) is 42.6 Å². The molecule has 0 amide bonds. The molecule has 0 bridgehead atoms. The van der Waals surface area contributed by atoms with Gasteiger partial charge in [-0.15, -0.1) is 0 Å². The predicted octanol–water partition coefficient (Wildman–Crippen LogP) is 3.17. The molecule has 5 heteroatoms. The van der Waals surface area contributed by atoms with Gasteiger partial charge in [-0.1, -0.05) is 12.1 Å². The molecule has 1 aromatic heterocycles. The Balaban J connectivity index is 2.42. The van der Waals surface area contributed by atoms with E-state index in [1.165, 1.54) is 19.4 Å². The van der Waals surface area contributed by atoms with E-state index < -0.39 is 5.97 Å². The third-order valence-corrected chi connectivity index (χ3v) is 2.90. The third kappa shape index (κ3) is 2.77. The fraction of sp³-hybridized carbons (Fsp3) is 0.200. The van der Waals surface area contributed by atoms with Crippen LogP contribution in [-0.4, -0.2) is 24.6 Å². The first-order valence-corrected chi connectivity index (χ1v) is 6.23. The van der Waals surface area contributed by atoms with Crippen LogP contribution in [0, 0.1) is 5.82 Å². The van der Waals surface area contributed by atoms with Gasteiger partial charge in [0.25, 0.3) is 0 Å². The summed E-state index contributed by atoms with van der Waals surface area (Å²) in [5.41, 5.74) is 0.803. The quantitative estimate of drug-likeness (QED) is 0.803. The van der Waals surface area contributed by atoms with Gasteiger partial charge in [-0.2, -0.15) is 0 Å². The molecule has 0 fully saturated rings. The lowest BCUT2D eigenvalue weighted by Gasteiger charge is -2.22. The Kier molecular flexibility index (Phi) is 4.30. The zero-order valence-electron chi connectivity index (χ0n) is 11.3. The monoisotopic (exact) mass is 274 g/mol. The van der Waals surface area contributed by atoms with Crippen LogP contribution in [0.1, 0.15) is 17.3 Å². The van der Waals surface area contributed by atoms with Crippen LogP contribution in [0.2, 0.25) is 0 Å². The number of para-hydroxylation sites is 1. The third-order valence-electron chi connectivity index (χ3n) is 2.90. The molecule has 0 radical (unpaired) electrons. The van der Waals surface area contributed by atoms with Crippen LogP contribution in [0.3, 0.4) is 0 Å². The predicted molar refractivity (Wildman–Crippen MR) is 74.7 cm³/mol. The number of benzene rings is 1. The first kappa shape index (κ1) is 14.0. The summed E-state index contributed by atoms with van der Waals surface area (Å²) in [4.78, 5) is 17.4. The Bertz CT molecular complexity index is 616. The Morgan fingerprint density at radius 2 is 2.10 bits per heavy atom. The van der Waals surface area contributed by atoms with Crippen LogP contribution in [0.25, 0.3) is 0 Å². The smallest absolute Gasteiger partial charge is 0.338 e. The summed E-state index contributed by atoms with van der Waals surface area (Å²) >= 11 is 0. The molecule has 0 aliphatic heterocycles. The minimum atomic E-state index is -0.446. The SMILES string of the molecule is CCN(c1cc(C(=O)OC)ccn1)c1ccccc1F. The summed E-state index contributed by atoms with van der Waals surface area (Å²) in [6, 6.07) is 9.59. The molecule has 1 aromatic carbocycles. The van der Waals surface area contributed by atoms with Crippen molar-refractivity contribution in [3.63, 3.8) is 0 Å². The highest BCUT2D eigenvalue weighted by atomic mass is 19.1. The number of rotatable bonds is 4. The van der Waals surface area contributed by atoms with Gasteiger partial charge in [-0.25, -0.2) is 14.2 Å². The number of carbonyl (C=O) groups is 1. The van der Waals surface area contributed by atoms with Crippen molar-refractivity contribution in [1.82, 2.24) is 4.98 Å². The van der Waals surface area contributed by atoms with E-state index in [0.29, 0.717) is 23.6 Å². The molecule has 0 atom stereocenters. The summed E-state index contributed by atoms with van der Waals surface area (Å²) in [7, 11) is 1.32. The lowest BCUT2D eigenvalue weighted by Crippen LogP contribution is -2.19. The Morgan fingerprint density at radius 3 is 2.75 bits per heavy atom. The molecule has 0 saturated heterocycles. The van der Waals surface area contributed by atoms with E-state index in [-0.39, 0.29) is 5.82 Å². The number of nitrogens with zero attached hydrogens (tertiary/aromatic N) is 2. The molecular formula is C15H15FN2O2. The average molecular weight is 274 g/mol. The maximum atomic E-state index is 13.9. The number of pyridine rings is 1. The van der Waals surface area contributed by atoms with Crippen molar-refractivity contribution < 1.29 is 13.9 Å². The number of esters is 1. The Labute approximate surface area is 116 Å². The van der Waals surface area contributed by atoms with Crippen molar-refractivity contribution >= 4 is 17.5 Å². The zero-order chi connectivity index (χ0) is 14.5. The van der Waals surface area contributed by atoms with Gasteiger partial charge < -0.3 is 9.64 Å². The standard InChI is InChI=1S/C15H15FN2O2/c1-3-18(13-7-5-4-6-12(13)16)14-10-11(8-9-17-14)15(19)20-2/h4-10H,3H2,1-2H3. The largest absolute Gasteiger partial charge is 0.465 e. The number of hydrogen-bond donors (Lipinski definition) is 0. The van der Waals surface area contributed by atoms with E-state index in [0.717, 1.165) is 0 Å². The highest BCUT2D eigenvalue weighted by Crippen LogP contribution is 2.26. The maximum absolute atomic E-state index is 13.9. The zero-order valence-corrected chi connectivity index (χ0v) is 11.3. The molecule has 0 N–H and O–H groups in total. The number of carbonyl (C=O) groups excluding carboxylic acids is 1. The van der Waals surface area contributed by atoms with Crippen molar-refractivity contribution in [2.75, 3.05) is 18.6 Å². The van der Waals surface area contributed by atoms with Gasteiger partial charge in [0.1, 0.15) is 11.6 Å². The minimum absolute atomic E-state index is 0.334. The normalized spacial score (nSPS) is 10.2. The topological polar surface area (TPSA) is 42.4 Å². The molecular weight excluding hydrogens is 259 g/mol. The fourth-order valence-corrected chi connectivity index (χ4v) is 1.94. The second kappa shape index (κ2) is 6.14. The molecule has 2 rings (SSSR count). The number of anilines is 2. The van der Waals surface area contributed by atoms with E-state index in [2.05, 4.69) is 9.72 Å². The molecule has 0 unspecified atom stereocenters. The molecule has 1 heterocycles. The highest BCUT2D eigenvalue weighted by molar-refractivity contribution is 5.90.